The van der Waals surface area contributed by atoms with Crippen LogP contribution in [0.1, 0.15) is 13.8 Å². The van der Waals surface area contributed by atoms with Gasteiger partial charge >= 0.3 is 0 Å². The van der Waals surface area contributed by atoms with Gasteiger partial charge in [0.05, 0.1) is 10.6 Å². The zero-order valence-electron chi connectivity index (χ0n) is 10.8. The van der Waals surface area contributed by atoms with Gasteiger partial charge in [-0.2, -0.15) is 16.1 Å². The molecule has 1 saturated heterocycles. The van der Waals surface area contributed by atoms with Crippen molar-refractivity contribution in [1.29, 1.82) is 0 Å². The summed E-state index contributed by atoms with van der Waals surface area (Å²) in [6.45, 7) is 4.94. The van der Waals surface area contributed by atoms with Crippen LogP contribution in [0, 0.1) is 5.82 Å². The molecule has 2 rings (SSSR count). The van der Waals surface area contributed by atoms with Crippen LogP contribution in [-0.2, 0) is 10.0 Å². The van der Waals surface area contributed by atoms with Gasteiger partial charge in [0.1, 0.15) is 5.82 Å². The number of nitrogens with two attached hydrogens (primary N) is 1. The maximum Gasteiger partial charge on any atom is 0.243 e. The number of sulfonamides is 1. The lowest BCUT2D eigenvalue weighted by Gasteiger charge is -2.33. The Labute approximate surface area is 117 Å². The Morgan fingerprint density at radius 1 is 1.32 bits per heavy atom. The number of hydrogen-bond acceptors (Lipinski definition) is 4. The lowest BCUT2D eigenvalue weighted by molar-refractivity contribution is 0.405. The van der Waals surface area contributed by atoms with E-state index in [2.05, 4.69) is 0 Å². The van der Waals surface area contributed by atoms with Crippen LogP contribution >= 0.6 is 11.8 Å². The quantitative estimate of drug-likeness (QED) is 0.848. The van der Waals surface area contributed by atoms with Crippen molar-refractivity contribution in [2.45, 2.75) is 29.2 Å². The molecule has 1 heterocycles. The molecule has 2 N–H and O–H groups in total. The Balaban J connectivity index is 2.33. The van der Waals surface area contributed by atoms with E-state index in [0.717, 1.165) is 6.07 Å². The lowest BCUT2D eigenvalue weighted by atomic mass is 10.3. The van der Waals surface area contributed by atoms with Crippen LogP contribution in [0.2, 0.25) is 0 Å². The molecule has 4 nitrogen and oxygen atoms in total. The van der Waals surface area contributed by atoms with Gasteiger partial charge in [-0.1, -0.05) is 13.8 Å². The second-order valence-corrected chi connectivity index (χ2v) is 8.58. The van der Waals surface area contributed by atoms with Crippen molar-refractivity contribution >= 4 is 27.5 Å². The highest BCUT2D eigenvalue weighted by Gasteiger charge is 2.32. The zero-order valence-corrected chi connectivity index (χ0v) is 12.5. The van der Waals surface area contributed by atoms with Crippen molar-refractivity contribution in [1.82, 2.24) is 4.31 Å². The van der Waals surface area contributed by atoms with Crippen molar-refractivity contribution in [3.63, 3.8) is 0 Å². The lowest BCUT2D eigenvalue weighted by Crippen LogP contribution is -2.43. The Morgan fingerprint density at radius 3 is 2.42 bits per heavy atom. The predicted octanol–water partition coefficient (Wildman–Crippen LogP) is 1.92. The van der Waals surface area contributed by atoms with Gasteiger partial charge in [-0.05, 0) is 18.2 Å². The van der Waals surface area contributed by atoms with Gasteiger partial charge < -0.3 is 5.73 Å². The van der Waals surface area contributed by atoms with E-state index in [0.29, 0.717) is 13.1 Å². The van der Waals surface area contributed by atoms with Crippen LogP contribution in [0.25, 0.3) is 0 Å². The van der Waals surface area contributed by atoms with Crippen molar-refractivity contribution in [3.8, 4) is 0 Å². The molecular formula is C12H17FN2O2S2. The number of halogens is 1. The van der Waals surface area contributed by atoms with Crippen LogP contribution in [0.15, 0.2) is 23.1 Å². The van der Waals surface area contributed by atoms with Crippen LogP contribution in [0.5, 0.6) is 0 Å². The highest BCUT2D eigenvalue weighted by Crippen LogP contribution is 2.29. The van der Waals surface area contributed by atoms with Crippen LogP contribution in [0.3, 0.4) is 0 Å². The van der Waals surface area contributed by atoms with E-state index in [9.17, 15) is 12.8 Å². The summed E-state index contributed by atoms with van der Waals surface area (Å²) in [4.78, 5) is 0.0534. The molecule has 7 heteroatoms. The average molecular weight is 304 g/mol. The number of rotatable bonds is 2. The molecule has 2 unspecified atom stereocenters. The van der Waals surface area contributed by atoms with Gasteiger partial charge in [0.25, 0.3) is 0 Å². The molecular weight excluding hydrogens is 287 g/mol. The van der Waals surface area contributed by atoms with Gasteiger partial charge in [0.2, 0.25) is 10.0 Å². The van der Waals surface area contributed by atoms with Gasteiger partial charge in [-0.25, -0.2) is 12.8 Å². The van der Waals surface area contributed by atoms with Gasteiger partial charge in [-0.3, -0.25) is 0 Å². The second kappa shape index (κ2) is 5.30. The molecule has 1 aliphatic heterocycles. The monoisotopic (exact) mass is 304 g/mol. The number of hydrogen-bond donors (Lipinski definition) is 1. The first-order chi connectivity index (χ1) is 8.80. The van der Waals surface area contributed by atoms with E-state index in [4.69, 9.17) is 5.73 Å². The summed E-state index contributed by atoms with van der Waals surface area (Å²) in [5.41, 5.74) is 5.29. The SMILES string of the molecule is CC1CN(S(=O)(=O)c2ccc(F)c(N)c2)CC(C)S1. The highest BCUT2D eigenvalue weighted by atomic mass is 32.2. The largest absolute Gasteiger partial charge is 0.396 e. The summed E-state index contributed by atoms with van der Waals surface area (Å²) in [6.07, 6.45) is 0. The average Bonchev–Trinajstić information content (AvgIpc) is 2.31. The molecule has 1 aromatic rings. The first-order valence-electron chi connectivity index (χ1n) is 6.01. The van der Waals surface area contributed by atoms with Gasteiger partial charge in [0.15, 0.2) is 0 Å². The summed E-state index contributed by atoms with van der Waals surface area (Å²) < 4.78 is 39.5. The van der Waals surface area contributed by atoms with E-state index >= 15 is 0 Å². The van der Waals surface area contributed by atoms with Crippen molar-refractivity contribution in [2.24, 2.45) is 0 Å². The van der Waals surface area contributed by atoms with Crippen molar-refractivity contribution in [3.05, 3.63) is 24.0 Å². The maximum atomic E-state index is 13.1. The minimum Gasteiger partial charge on any atom is -0.396 e. The number of thioether (sulfide) groups is 1. The minimum absolute atomic E-state index is 0.0534. The third kappa shape index (κ3) is 3.04. The third-order valence-electron chi connectivity index (χ3n) is 2.99. The Hall–Kier alpha value is -0.790. The summed E-state index contributed by atoms with van der Waals surface area (Å²) in [5, 5.41) is 0.493. The Kier molecular flexibility index (Phi) is 4.08. The van der Waals surface area contributed by atoms with E-state index in [1.54, 1.807) is 11.8 Å². The van der Waals surface area contributed by atoms with Crippen LogP contribution in [0.4, 0.5) is 10.1 Å². The molecule has 0 aromatic heterocycles. The Morgan fingerprint density at radius 2 is 1.89 bits per heavy atom. The fourth-order valence-corrected chi connectivity index (χ4v) is 5.33. The fraction of sp³-hybridized carbons (Fsp3) is 0.500. The van der Waals surface area contributed by atoms with E-state index in [1.807, 2.05) is 13.8 Å². The smallest absolute Gasteiger partial charge is 0.243 e. The standard InChI is InChI=1S/C12H17FN2O2S2/c1-8-6-15(7-9(2)18-8)19(16,17)10-3-4-11(13)12(14)5-10/h3-5,8-9H,6-7,14H2,1-2H3. The topological polar surface area (TPSA) is 63.4 Å². The summed E-state index contributed by atoms with van der Waals surface area (Å²) in [7, 11) is -3.59. The molecule has 0 bridgehead atoms. The summed E-state index contributed by atoms with van der Waals surface area (Å²) in [5.74, 6) is -0.602. The Bertz CT molecular complexity index is 567. The fourth-order valence-electron chi connectivity index (χ4n) is 2.16. The molecule has 106 valence electrons. The molecule has 0 saturated carbocycles. The maximum absolute atomic E-state index is 13.1. The molecule has 2 atom stereocenters. The molecule has 1 fully saturated rings. The highest BCUT2D eigenvalue weighted by molar-refractivity contribution is 8.00. The number of nitrogens with zero attached hydrogens (tertiary/aromatic N) is 1. The second-order valence-electron chi connectivity index (χ2n) is 4.76. The van der Waals surface area contributed by atoms with E-state index < -0.39 is 15.8 Å². The molecule has 1 aromatic carbocycles. The molecule has 19 heavy (non-hydrogen) atoms. The van der Waals surface area contributed by atoms with Gasteiger partial charge in [-0.15, -0.1) is 0 Å². The van der Waals surface area contributed by atoms with E-state index in [-0.39, 0.29) is 21.1 Å². The molecule has 0 aliphatic carbocycles. The first kappa shape index (κ1) is 14.6. The zero-order chi connectivity index (χ0) is 14.2. The van der Waals surface area contributed by atoms with E-state index in [1.165, 1.54) is 16.4 Å². The third-order valence-corrected chi connectivity index (χ3v) is 6.05. The summed E-state index contributed by atoms with van der Waals surface area (Å²) in [6, 6.07) is 3.54. The van der Waals surface area contributed by atoms with Crippen molar-refractivity contribution < 1.29 is 12.8 Å². The van der Waals surface area contributed by atoms with Gasteiger partial charge in [0, 0.05) is 23.6 Å². The number of benzene rings is 1. The summed E-state index contributed by atoms with van der Waals surface area (Å²) >= 11 is 1.77. The molecule has 0 amide bonds. The molecule has 0 radical (unpaired) electrons. The number of anilines is 1. The minimum atomic E-state index is -3.59. The normalized spacial score (nSPS) is 25.4. The predicted molar refractivity (Wildman–Crippen MR) is 76.1 cm³/mol. The van der Waals surface area contributed by atoms with Crippen LogP contribution < -0.4 is 5.73 Å². The molecule has 0 spiro atoms. The first-order valence-corrected chi connectivity index (χ1v) is 8.39. The molecule has 1 aliphatic rings. The van der Waals surface area contributed by atoms with Crippen molar-refractivity contribution in [2.75, 3.05) is 18.8 Å². The van der Waals surface area contributed by atoms with Crippen LogP contribution in [-0.4, -0.2) is 36.3 Å². The number of nitrogen functional groups attached to an aromatic ring is 1.